The molecule has 1 heterocycles. The van der Waals surface area contributed by atoms with Gasteiger partial charge in [-0.25, -0.2) is 0 Å². The van der Waals surface area contributed by atoms with Crippen LogP contribution in [0.4, 0.5) is 0 Å². The van der Waals surface area contributed by atoms with Crippen LogP contribution in [0, 0.1) is 21.7 Å². The molecule has 55 heavy (non-hydrogen) atoms. The number of hydrogen-bond acceptors (Lipinski definition) is 12. The molecule has 0 radical (unpaired) electrons. The van der Waals surface area contributed by atoms with Crippen LogP contribution < -0.4 is 9.47 Å². The van der Waals surface area contributed by atoms with Gasteiger partial charge in [0.1, 0.15) is 18.5 Å². The van der Waals surface area contributed by atoms with Crippen LogP contribution in [-0.2, 0) is 49.3 Å². The number of carbonyl (C=O) groups excluding carboxylic acids is 5. The third kappa shape index (κ3) is 18.8. The van der Waals surface area contributed by atoms with E-state index in [0.29, 0.717) is 12.2 Å². The van der Waals surface area contributed by atoms with Gasteiger partial charge in [0.2, 0.25) is 0 Å². The molecule has 0 saturated carbocycles. The van der Waals surface area contributed by atoms with Crippen LogP contribution in [0.3, 0.4) is 0 Å². The van der Waals surface area contributed by atoms with Crippen LogP contribution in [0.25, 0.3) is 0 Å². The van der Waals surface area contributed by atoms with E-state index < -0.39 is 45.5 Å². The lowest BCUT2D eigenvalue weighted by molar-refractivity contribution is -0.170. The molecule has 12 nitrogen and oxygen atoms in total. The summed E-state index contributed by atoms with van der Waals surface area (Å²) >= 11 is 0. The second-order valence-electron chi connectivity index (χ2n) is 14.0. The Morgan fingerprint density at radius 1 is 0.745 bits per heavy atom. The van der Waals surface area contributed by atoms with Gasteiger partial charge in [0.25, 0.3) is 0 Å². The van der Waals surface area contributed by atoms with Gasteiger partial charge in [0, 0.05) is 19.4 Å². The lowest BCUT2D eigenvalue weighted by Crippen LogP contribution is -2.47. The van der Waals surface area contributed by atoms with Crippen molar-refractivity contribution < 1.29 is 57.5 Å². The van der Waals surface area contributed by atoms with Gasteiger partial charge in [-0.05, 0) is 84.9 Å². The Hall–Kier alpha value is -3.51. The summed E-state index contributed by atoms with van der Waals surface area (Å²) in [5, 5.41) is 9.28. The van der Waals surface area contributed by atoms with Crippen LogP contribution in [-0.4, -0.2) is 81.5 Å². The van der Waals surface area contributed by atoms with E-state index in [1.54, 1.807) is 59.7 Å². The first-order chi connectivity index (χ1) is 21.9. The maximum absolute atomic E-state index is 13.9. The molecule has 4 unspecified atom stereocenters. The van der Waals surface area contributed by atoms with Gasteiger partial charge in [-0.2, -0.15) is 0 Å². The summed E-state index contributed by atoms with van der Waals surface area (Å²) in [7, 11) is 2.66. The molecule has 1 N–H and O–H groups in total. The number of methoxy groups -OCH3 is 2. The maximum atomic E-state index is 13.9. The van der Waals surface area contributed by atoms with Crippen LogP contribution in [0.15, 0.2) is 18.2 Å². The second-order valence-corrected chi connectivity index (χ2v) is 14.0. The summed E-state index contributed by atoms with van der Waals surface area (Å²) in [5.41, 5.74) is -4.58. The molecule has 0 amide bonds. The van der Waals surface area contributed by atoms with Crippen molar-refractivity contribution in [2.45, 2.75) is 153 Å². The third-order valence-electron chi connectivity index (χ3n) is 8.61. The lowest BCUT2D eigenvalue weighted by Gasteiger charge is -2.42. The van der Waals surface area contributed by atoms with Crippen molar-refractivity contribution in [3.05, 3.63) is 23.8 Å². The number of benzene rings is 1. The molecule has 1 saturated heterocycles. The molecule has 1 fully saturated rings. The fourth-order valence-corrected chi connectivity index (χ4v) is 6.12. The Morgan fingerprint density at radius 2 is 1.27 bits per heavy atom. The highest BCUT2D eigenvalue weighted by Crippen LogP contribution is 2.50. The van der Waals surface area contributed by atoms with Gasteiger partial charge in [-0.15, -0.1) is 0 Å². The number of ether oxygens (including phenoxy) is 6. The molecule has 2 rings (SSSR count). The summed E-state index contributed by atoms with van der Waals surface area (Å²) in [4.78, 5) is 65.9. The monoisotopic (exact) mass is 793 g/mol. The zero-order valence-corrected chi connectivity index (χ0v) is 29.3. The third-order valence-corrected chi connectivity index (χ3v) is 8.61. The van der Waals surface area contributed by atoms with Crippen molar-refractivity contribution in [1.82, 2.24) is 0 Å². The zero-order chi connectivity index (χ0) is 35.6. The van der Waals surface area contributed by atoms with Crippen LogP contribution >= 0.6 is 0 Å². The summed E-state index contributed by atoms with van der Waals surface area (Å²) in [5.74, 6) is -2.11. The quantitative estimate of drug-likeness (QED) is 0.0438. The molecule has 0 aromatic heterocycles. The highest BCUT2D eigenvalue weighted by Gasteiger charge is 2.53. The highest BCUT2D eigenvalue weighted by molar-refractivity contribution is 5.85. The molecule has 1 aliphatic rings. The number of esters is 4. The van der Waals surface area contributed by atoms with Crippen molar-refractivity contribution in [3.63, 3.8) is 0 Å². The average molecular weight is 793 g/mol. The Morgan fingerprint density at radius 3 is 1.73 bits per heavy atom. The number of rotatable bonds is 20. The second kappa shape index (κ2) is 28.0. The number of Topliss-reactive ketones (excluding diaryl/α,β-unsaturated/α-hetero) is 1. The van der Waals surface area contributed by atoms with Crippen LogP contribution in [0.1, 0.15) is 146 Å². The zero-order valence-electron chi connectivity index (χ0n) is 29.3. The highest BCUT2D eigenvalue weighted by atomic mass is 16.6. The predicted octanol–water partition coefficient (Wildman–Crippen LogP) is 9.49. The van der Waals surface area contributed by atoms with E-state index in [1.165, 1.54) is 21.1 Å². The molecule has 1 aromatic carbocycles. The van der Waals surface area contributed by atoms with Gasteiger partial charge < -0.3 is 33.5 Å². The Kier molecular flexibility index (Phi) is 33.7. The van der Waals surface area contributed by atoms with Crippen LogP contribution in [0.2, 0.25) is 0 Å². The summed E-state index contributed by atoms with van der Waals surface area (Å²) in [6.45, 7) is 11.8. The normalized spacial score (nSPS) is 15.4. The first-order valence-electron chi connectivity index (χ1n) is 15.9. The van der Waals surface area contributed by atoms with Crippen molar-refractivity contribution in [3.8, 4) is 11.5 Å². The largest absolute Gasteiger partial charge is 0.493 e. The molecule has 12 heteroatoms. The molecule has 1 aromatic rings. The molecular weight excluding hydrogens is 708 g/mol. The van der Waals surface area contributed by atoms with E-state index in [2.05, 4.69) is 0 Å². The van der Waals surface area contributed by atoms with Crippen molar-refractivity contribution >= 4 is 29.7 Å². The Labute approximate surface area is 336 Å². The first kappa shape index (κ1) is 66.3. The fraction of sp³-hybridized carbons (Fsp3) is 0.744. The minimum atomic E-state index is -1.46. The minimum absolute atomic E-state index is 0. The van der Waals surface area contributed by atoms with Crippen LogP contribution in [0.5, 0.6) is 11.5 Å². The molecule has 1 aliphatic heterocycles. The van der Waals surface area contributed by atoms with E-state index >= 15 is 0 Å². The molecular formula is C43H84O12. The maximum Gasteiger partial charge on any atom is 0.317 e. The van der Waals surface area contributed by atoms with Crippen molar-refractivity contribution in [2.24, 2.45) is 21.7 Å². The topological polar surface area (TPSA) is 164 Å². The minimum Gasteiger partial charge on any atom is -0.493 e. The number of carbonyl (C=O) groups is 5. The van der Waals surface area contributed by atoms with E-state index in [-0.39, 0.29) is 141 Å². The summed E-state index contributed by atoms with van der Waals surface area (Å²) < 4.78 is 32.6. The van der Waals surface area contributed by atoms with Gasteiger partial charge >= 0.3 is 23.9 Å². The van der Waals surface area contributed by atoms with E-state index in [0.717, 1.165) is 0 Å². The van der Waals surface area contributed by atoms with Gasteiger partial charge in [0.05, 0.1) is 49.1 Å². The number of aliphatic hydroxyl groups is 1. The summed E-state index contributed by atoms with van der Waals surface area (Å²) in [6, 6.07) is 4.85. The molecule has 328 valence electrons. The number of aliphatic hydroxyl groups excluding tert-OH is 1. The molecule has 0 bridgehead atoms. The summed E-state index contributed by atoms with van der Waals surface area (Å²) in [6.07, 6.45) is 0.249. The number of ketones is 1. The smallest absolute Gasteiger partial charge is 0.317 e. The van der Waals surface area contributed by atoms with E-state index in [1.807, 2.05) is 0 Å². The van der Waals surface area contributed by atoms with Gasteiger partial charge in [0.15, 0.2) is 11.5 Å². The molecule has 0 aliphatic carbocycles. The fourth-order valence-electron chi connectivity index (χ4n) is 6.12. The molecule has 4 atom stereocenters. The first-order valence-corrected chi connectivity index (χ1v) is 15.9. The van der Waals surface area contributed by atoms with Gasteiger partial charge in [-0.1, -0.05) is 72.4 Å². The van der Waals surface area contributed by atoms with Crippen molar-refractivity contribution in [1.29, 1.82) is 0 Å². The van der Waals surface area contributed by atoms with Crippen molar-refractivity contribution in [2.75, 3.05) is 40.6 Å². The Bertz CT molecular complexity index is 1290. The average Bonchev–Trinajstić information content (AvgIpc) is 3.83. The van der Waals surface area contributed by atoms with E-state index in [4.69, 9.17) is 28.4 Å². The van der Waals surface area contributed by atoms with Gasteiger partial charge in [-0.3, -0.25) is 24.0 Å². The lowest BCUT2D eigenvalue weighted by atomic mass is 9.61. The molecule has 0 spiro atoms. The Balaban J connectivity index is -0.000000576. The van der Waals surface area contributed by atoms with E-state index in [9.17, 15) is 29.1 Å². The number of epoxide rings is 1. The number of hydrogen-bond donors (Lipinski definition) is 1. The standard InChI is InChI=1S/C35H52O12.8CH4/c1-10-33(5,31(41)47-26-13-12-24(16-23(2)37)17-27(26)42-8)21-35(7,30(40)44-15-11-14-36)22-34(6,29(39)43-9)20-32(3,4)28(38)46-19-25-18-45-25;;;;;;;;/h12-13,17,25,36H,10-11,14-16,18-22H2,1-9H3;8*1H4. The predicted molar refractivity (Wildman–Crippen MR) is 224 cm³/mol. The SMILES string of the molecule is C.C.C.C.C.C.C.C.CCC(C)(CC(C)(CC(C)(CC(C)(C)C(=O)OCC1CO1)C(=O)OC)C(=O)OCCCO)C(=O)Oc1ccc(CC(C)=O)cc1OC.